The fourth-order valence-electron chi connectivity index (χ4n) is 5.63. The molecule has 8 rings (SSSR count). The molecule has 0 saturated heterocycles. The number of rotatable bonds is 4. The first kappa shape index (κ1) is 16.6. The van der Waals surface area contributed by atoms with E-state index in [1.54, 1.807) is 0 Å². The highest BCUT2D eigenvalue weighted by Gasteiger charge is 2.21. The molecule has 0 atom stereocenters. The summed E-state index contributed by atoms with van der Waals surface area (Å²) >= 11 is 0. The van der Waals surface area contributed by atoms with Crippen LogP contribution in [0.25, 0.3) is 71.9 Å². The van der Waals surface area contributed by atoms with Gasteiger partial charge in [-0.1, -0.05) is 133 Å². The third kappa shape index (κ3) is 3.84. The first-order valence-electron chi connectivity index (χ1n) is 17.3. The fourth-order valence-corrected chi connectivity index (χ4v) is 5.63. The van der Waals surface area contributed by atoms with Crippen LogP contribution in [0.2, 0.25) is 0 Å². The molecule has 0 N–H and O–H groups in total. The van der Waals surface area contributed by atoms with Crippen molar-refractivity contribution < 1.29 is 11.0 Å². The minimum absolute atomic E-state index is 0.123. The highest BCUT2D eigenvalue weighted by molar-refractivity contribution is 6.21. The van der Waals surface area contributed by atoms with E-state index >= 15 is 0 Å². The predicted molar refractivity (Wildman–Crippen MR) is 172 cm³/mol. The van der Waals surface area contributed by atoms with Gasteiger partial charge in [-0.2, -0.15) is 0 Å². The van der Waals surface area contributed by atoms with E-state index in [0.29, 0.717) is 22.5 Å². The topological polar surface area (TPSA) is 17.8 Å². The average Bonchev–Trinajstić information content (AvgIpc) is 3.53. The van der Waals surface area contributed by atoms with Crippen molar-refractivity contribution in [3.8, 4) is 39.3 Å². The normalized spacial score (nSPS) is 14.1. The van der Waals surface area contributed by atoms with Crippen molar-refractivity contribution in [2.75, 3.05) is 0 Å². The summed E-state index contributed by atoms with van der Waals surface area (Å²) in [5, 5.41) is 0.548. The minimum Gasteiger partial charge on any atom is -0.292 e. The lowest BCUT2D eigenvalue weighted by atomic mass is 9.87. The fraction of sp³-hybridized carbons (Fsp3) is 0. The zero-order valence-electron chi connectivity index (χ0n) is 29.8. The van der Waals surface area contributed by atoms with E-state index in [-0.39, 0.29) is 51.3 Å². The Bertz CT molecular complexity index is 2540. The van der Waals surface area contributed by atoms with Crippen LogP contribution in [-0.4, -0.2) is 9.55 Å². The standard InChI is InChI=1S/C39H26N2/c1-3-13-27(14-4-1)28-23-25-29(26-24-28)37-31-17-7-9-19-33(31)38(34-20-10-8-18-32(34)37)39-40-35-21-11-12-22-36(35)41(39)30-15-5-2-6-16-30/h1-26H/i7D,8D,9D,10D,17D,18D,19D,20D. The van der Waals surface area contributed by atoms with Crippen LogP contribution >= 0.6 is 0 Å². The molecule has 7 aromatic carbocycles. The van der Waals surface area contributed by atoms with Gasteiger partial charge in [-0.15, -0.1) is 0 Å². The third-order valence-electron chi connectivity index (χ3n) is 7.45. The van der Waals surface area contributed by atoms with Crippen LogP contribution in [0.5, 0.6) is 0 Å². The van der Waals surface area contributed by atoms with Crippen LogP contribution in [0.15, 0.2) is 158 Å². The lowest BCUT2D eigenvalue weighted by Gasteiger charge is -2.18. The number of hydrogen-bond acceptors (Lipinski definition) is 1. The second kappa shape index (κ2) is 9.62. The van der Waals surface area contributed by atoms with Gasteiger partial charge >= 0.3 is 0 Å². The Morgan fingerprint density at radius 3 is 1.59 bits per heavy atom. The van der Waals surface area contributed by atoms with Gasteiger partial charge in [-0.05, 0) is 68.1 Å². The molecule has 0 radical (unpaired) electrons. The van der Waals surface area contributed by atoms with Gasteiger partial charge in [0.25, 0.3) is 0 Å². The predicted octanol–water partition coefficient (Wildman–Crippen LogP) is 10.3. The highest BCUT2D eigenvalue weighted by Crippen LogP contribution is 2.44. The lowest BCUT2D eigenvalue weighted by molar-refractivity contribution is 1.11. The molecule has 0 fully saturated rings. The van der Waals surface area contributed by atoms with Crippen LogP contribution in [0.4, 0.5) is 0 Å². The third-order valence-corrected chi connectivity index (χ3v) is 7.45. The van der Waals surface area contributed by atoms with Gasteiger partial charge in [-0.25, -0.2) is 4.98 Å². The smallest absolute Gasteiger partial charge is 0.146 e. The Labute approximate surface area is 250 Å². The number of nitrogens with zero attached hydrogens (tertiary/aromatic N) is 2. The zero-order valence-corrected chi connectivity index (χ0v) is 21.8. The van der Waals surface area contributed by atoms with Gasteiger partial charge in [0.05, 0.1) is 22.0 Å². The number of aromatic nitrogens is 2. The van der Waals surface area contributed by atoms with Crippen molar-refractivity contribution in [2.45, 2.75) is 0 Å². The van der Waals surface area contributed by atoms with E-state index in [1.807, 2.05) is 114 Å². The number of imidazole rings is 1. The molecule has 2 nitrogen and oxygen atoms in total. The molecule has 0 unspecified atom stereocenters. The minimum atomic E-state index is -0.452. The first-order chi connectivity index (χ1) is 23.7. The van der Waals surface area contributed by atoms with Crippen molar-refractivity contribution >= 4 is 32.6 Å². The van der Waals surface area contributed by atoms with Crippen molar-refractivity contribution in [2.24, 2.45) is 0 Å². The van der Waals surface area contributed by atoms with E-state index in [0.717, 1.165) is 22.3 Å². The summed E-state index contributed by atoms with van der Waals surface area (Å²) in [4.78, 5) is 5.01. The first-order valence-corrected chi connectivity index (χ1v) is 13.3. The lowest BCUT2D eigenvalue weighted by Crippen LogP contribution is -1.99. The summed E-state index contributed by atoms with van der Waals surface area (Å²) in [6.07, 6.45) is 0. The van der Waals surface area contributed by atoms with E-state index in [4.69, 9.17) is 10.5 Å². The maximum atomic E-state index is 9.31. The molecule has 0 amide bonds. The number of para-hydroxylation sites is 3. The molecule has 0 aliphatic carbocycles. The maximum absolute atomic E-state index is 9.31. The number of fused-ring (bicyclic) bond motifs is 3. The van der Waals surface area contributed by atoms with Crippen LogP contribution in [0.1, 0.15) is 11.0 Å². The molecular weight excluding hydrogens is 496 g/mol. The second-order valence-electron chi connectivity index (χ2n) is 9.79. The molecular formula is C39H26N2. The Kier molecular flexibility index (Phi) is 3.89. The summed E-state index contributed by atoms with van der Waals surface area (Å²) in [6, 6.07) is 31.1. The summed E-state index contributed by atoms with van der Waals surface area (Å²) in [6.45, 7) is 0. The Morgan fingerprint density at radius 2 is 0.951 bits per heavy atom. The molecule has 2 heteroatoms. The molecule has 0 bridgehead atoms. The van der Waals surface area contributed by atoms with E-state index in [9.17, 15) is 5.48 Å². The van der Waals surface area contributed by atoms with Gasteiger partial charge < -0.3 is 0 Å². The van der Waals surface area contributed by atoms with Crippen molar-refractivity contribution in [1.29, 1.82) is 0 Å². The number of benzene rings is 7. The summed E-state index contributed by atoms with van der Waals surface area (Å²) in [7, 11) is 0. The quantitative estimate of drug-likeness (QED) is 0.207. The van der Waals surface area contributed by atoms with E-state index in [2.05, 4.69) is 0 Å². The summed E-state index contributed by atoms with van der Waals surface area (Å²) in [5.74, 6) is 0.295. The van der Waals surface area contributed by atoms with Crippen molar-refractivity contribution in [1.82, 2.24) is 9.55 Å². The zero-order chi connectivity index (χ0) is 34.1. The van der Waals surface area contributed by atoms with Crippen LogP contribution < -0.4 is 0 Å². The maximum Gasteiger partial charge on any atom is 0.146 e. The molecule has 1 aromatic heterocycles. The molecule has 0 aliphatic rings. The SMILES string of the molecule is [2H]c1c([2H])c([2H])c2c(-c3nc4ccccc4n3-c3ccccc3)c3c([2H])c([2H])c([2H])c([2H])c3c(-c3ccc(-c4ccccc4)cc3)c2c1[2H]. The summed E-state index contributed by atoms with van der Waals surface area (Å²) < 4.78 is 74.0. The van der Waals surface area contributed by atoms with Gasteiger partial charge in [0.2, 0.25) is 0 Å². The van der Waals surface area contributed by atoms with Crippen LogP contribution in [-0.2, 0) is 0 Å². The second-order valence-corrected chi connectivity index (χ2v) is 9.79. The van der Waals surface area contributed by atoms with Crippen LogP contribution in [0.3, 0.4) is 0 Å². The number of hydrogen-bond donors (Lipinski definition) is 0. The van der Waals surface area contributed by atoms with Gasteiger partial charge in [-0.3, -0.25) is 4.57 Å². The average molecular weight is 531 g/mol. The molecule has 1 heterocycles. The van der Waals surface area contributed by atoms with Crippen molar-refractivity contribution in [3.63, 3.8) is 0 Å². The molecule has 0 aliphatic heterocycles. The summed E-state index contributed by atoms with van der Waals surface area (Å²) in [5.41, 5.74) is 5.04. The Morgan fingerprint density at radius 1 is 0.463 bits per heavy atom. The van der Waals surface area contributed by atoms with E-state index in [1.165, 1.54) is 0 Å². The molecule has 41 heavy (non-hydrogen) atoms. The van der Waals surface area contributed by atoms with E-state index < -0.39 is 24.2 Å². The Hall–Kier alpha value is -5.47. The van der Waals surface area contributed by atoms with Crippen molar-refractivity contribution in [3.05, 3.63) is 158 Å². The molecule has 0 spiro atoms. The van der Waals surface area contributed by atoms with Gasteiger partial charge in [0.1, 0.15) is 5.82 Å². The molecule has 8 aromatic rings. The van der Waals surface area contributed by atoms with Gasteiger partial charge in [0, 0.05) is 11.3 Å². The Balaban J connectivity index is 1.62. The monoisotopic (exact) mass is 530 g/mol. The highest BCUT2D eigenvalue weighted by atomic mass is 15.1. The van der Waals surface area contributed by atoms with Crippen LogP contribution in [0, 0.1) is 0 Å². The molecule has 192 valence electrons. The van der Waals surface area contributed by atoms with Gasteiger partial charge in [0.15, 0.2) is 0 Å². The largest absolute Gasteiger partial charge is 0.292 e. The molecule has 0 saturated carbocycles.